The first kappa shape index (κ1) is 12.2. The van der Waals surface area contributed by atoms with Gasteiger partial charge in [-0.15, -0.1) is 0 Å². The summed E-state index contributed by atoms with van der Waals surface area (Å²) in [6.07, 6.45) is 0. The number of benzene rings is 2. The molecule has 0 heterocycles. The topological polar surface area (TPSA) is 52.4 Å². The Morgan fingerprint density at radius 1 is 1.06 bits per heavy atom. The molecular weight excluding hydrogens is 250 g/mol. The van der Waals surface area contributed by atoms with Crippen LogP contribution in [0.3, 0.4) is 0 Å². The average molecular weight is 259 g/mol. The molecule has 0 N–H and O–H groups in total. The predicted octanol–water partition coefficient (Wildman–Crippen LogP) is 3.35. The summed E-state index contributed by atoms with van der Waals surface area (Å²) in [5.41, 5.74) is 0.667. The van der Waals surface area contributed by atoms with Crippen LogP contribution in [0.1, 0.15) is 5.56 Å². The van der Waals surface area contributed by atoms with Gasteiger partial charge in [0.2, 0.25) is 0 Å². The number of hydrogen-bond donors (Lipinski definition) is 0. The summed E-state index contributed by atoms with van der Waals surface area (Å²) in [4.78, 5) is 10.1. The van der Waals surface area contributed by atoms with Crippen LogP contribution in [0.4, 0.5) is 5.69 Å². The molecule has 2 rings (SSSR count). The highest BCUT2D eigenvalue weighted by molar-refractivity contribution is 7.80. The summed E-state index contributed by atoms with van der Waals surface area (Å²) < 4.78 is 5.46. The van der Waals surface area contributed by atoms with Crippen molar-refractivity contribution in [3.63, 3.8) is 0 Å². The van der Waals surface area contributed by atoms with Gasteiger partial charge in [0.1, 0.15) is 5.75 Å². The molecule has 0 aromatic heterocycles. The molecule has 0 atom stereocenters. The zero-order chi connectivity index (χ0) is 13.0. The quantitative estimate of drug-likeness (QED) is 0.482. The minimum Gasteiger partial charge on any atom is -0.445 e. The van der Waals surface area contributed by atoms with E-state index in [1.165, 1.54) is 12.1 Å². The third-order valence-corrected chi connectivity index (χ3v) is 2.59. The maximum Gasteiger partial charge on any atom is 0.269 e. The molecule has 0 aliphatic rings. The maximum absolute atomic E-state index is 10.5. The van der Waals surface area contributed by atoms with Crippen LogP contribution in [0.25, 0.3) is 0 Å². The van der Waals surface area contributed by atoms with Crippen LogP contribution < -0.4 is 4.74 Å². The van der Waals surface area contributed by atoms with Crippen LogP contribution in [0.2, 0.25) is 0 Å². The van der Waals surface area contributed by atoms with E-state index in [1.54, 1.807) is 24.3 Å². The Hall–Kier alpha value is -2.27. The molecule has 5 heteroatoms. The number of nitro groups is 1. The molecule has 0 aliphatic carbocycles. The molecule has 0 radical (unpaired) electrons. The number of hydrogen-bond acceptors (Lipinski definition) is 4. The van der Waals surface area contributed by atoms with Crippen LogP contribution in [0.5, 0.6) is 5.75 Å². The Kier molecular flexibility index (Phi) is 3.64. The van der Waals surface area contributed by atoms with Crippen LogP contribution in [0, 0.1) is 10.1 Å². The van der Waals surface area contributed by atoms with Gasteiger partial charge in [0.15, 0.2) is 5.05 Å². The molecule has 18 heavy (non-hydrogen) atoms. The lowest BCUT2D eigenvalue weighted by atomic mass is 10.2. The van der Waals surface area contributed by atoms with Crippen LogP contribution in [-0.2, 0) is 0 Å². The molecule has 2 aromatic rings. The van der Waals surface area contributed by atoms with Gasteiger partial charge in [0.05, 0.1) is 4.92 Å². The number of thiocarbonyl (C=S) groups is 1. The minimum absolute atomic E-state index is 0.0289. The summed E-state index contributed by atoms with van der Waals surface area (Å²) in [5, 5.41) is 10.8. The molecule has 0 aliphatic heterocycles. The van der Waals surface area contributed by atoms with E-state index in [-0.39, 0.29) is 10.7 Å². The van der Waals surface area contributed by atoms with Gasteiger partial charge in [0.25, 0.3) is 5.69 Å². The second kappa shape index (κ2) is 5.37. The lowest BCUT2D eigenvalue weighted by molar-refractivity contribution is -0.384. The first-order valence-corrected chi connectivity index (χ1v) is 5.59. The van der Waals surface area contributed by atoms with E-state index >= 15 is 0 Å². The van der Waals surface area contributed by atoms with E-state index in [0.717, 1.165) is 0 Å². The highest BCUT2D eigenvalue weighted by Gasteiger charge is 2.08. The smallest absolute Gasteiger partial charge is 0.269 e. The van der Waals surface area contributed by atoms with Gasteiger partial charge in [-0.1, -0.05) is 18.2 Å². The molecule has 0 spiro atoms. The van der Waals surface area contributed by atoms with Crippen molar-refractivity contribution in [2.75, 3.05) is 0 Å². The van der Waals surface area contributed by atoms with Gasteiger partial charge in [-0.3, -0.25) is 10.1 Å². The molecular formula is C13H9NO3S. The SMILES string of the molecule is O=[N+]([O-])c1ccc(C(=S)Oc2ccccc2)cc1. The Bertz CT molecular complexity index is 567. The van der Waals surface area contributed by atoms with Gasteiger partial charge in [-0.05, 0) is 36.5 Å². The minimum atomic E-state index is -0.453. The van der Waals surface area contributed by atoms with Crippen molar-refractivity contribution in [1.29, 1.82) is 0 Å². The molecule has 0 saturated carbocycles. The van der Waals surface area contributed by atoms with Gasteiger partial charge in [-0.2, -0.15) is 0 Å². The summed E-state index contributed by atoms with van der Waals surface area (Å²) in [5.74, 6) is 0.640. The summed E-state index contributed by atoms with van der Waals surface area (Å²) in [6, 6.07) is 15.1. The fourth-order valence-electron chi connectivity index (χ4n) is 1.37. The number of para-hydroxylation sites is 1. The first-order valence-electron chi connectivity index (χ1n) is 5.18. The molecule has 0 bridgehead atoms. The molecule has 0 fully saturated rings. The second-order valence-corrected chi connectivity index (χ2v) is 3.88. The molecule has 4 nitrogen and oxygen atoms in total. The van der Waals surface area contributed by atoms with E-state index in [1.807, 2.05) is 18.2 Å². The van der Waals surface area contributed by atoms with Crippen molar-refractivity contribution in [1.82, 2.24) is 0 Å². The van der Waals surface area contributed by atoms with Crippen molar-refractivity contribution in [3.8, 4) is 5.75 Å². The van der Waals surface area contributed by atoms with Gasteiger partial charge >= 0.3 is 0 Å². The second-order valence-electron chi connectivity index (χ2n) is 3.51. The number of non-ortho nitro benzene ring substituents is 1. The highest BCUT2D eigenvalue weighted by Crippen LogP contribution is 2.15. The Balaban J connectivity index is 2.12. The van der Waals surface area contributed by atoms with E-state index in [9.17, 15) is 10.1 Å². The Morgan fingerprint density at radius 3 is 2.22 bits per heavy atom. The first-order chi connectivity index (χ1) is 8.66. The summed E-state index contributed by atoms with van der Waals surface area (Å²) in [7, 11) is 0. The largest absolute Gasteiger partial charge is 0.445 e. The maximum atomic E-state index is 10.5. The molecule has 0 unspecified atom stereocenters. The third kappa shape index (κ3) is 2.89. The lowest BCUT2D eigenvalue weighted by Gasteiger charge is -2.06. The Labute approximate surface area is 109 Å². The standard InChI is InChI=1S/C13H9NO3S/c15-14(16)11-8-6-10(7-9-11)13(18)17-12-4-2-1-3-5-12/h1-9H. The molecule has 0 amide bonds. The fourth-order valence-corrected chi connectivity index (χ4v) is 1.61. The van der Waals surface area contributed by atoms with Crippen molar-refractivity contribution >= 4 is 23.0 Å². The molecule has 90 valence electrons. The van der Waals surface area contributed by atoms with E-state index in [2.05, 4.69) is 0 Å². The van der Waals surface area contributed by atoms with Gasteiger partial charge in [0, 0.05) is 17.7 Å². The van der Waals surface area contributed by atoms with Crippen molar-refractivity contribution in [3.05, 3.63) is 70.3 Å². The number of rotatable bonds is 3. The molecule has 0 saturated heterocycles. The molecule has 2 aromatic carbocycles. The Morgan fingerprint density at radius 2 is 1.67 bits per heavy atom. The van der Waals surface area contributed by atoms with Crippen LogP contribution in [-0.4, -0.2) is 9.97 Å². The predicted molar refractivity (Wildman–Crippen MR) is 71.9 cm³/mol. The highest BCUT2D eigenvalue weighted by atomic mass is 32.1. The van der Waals surface area contributed by atoms with E-state index in [0.29, 0.717) is 11.3 Å². The number of nitrogens with zero attached hydrogens (tertiary/aromatic N) is 1. The average Bonchev–Trinajstić information content (AvgIpc) is 2.40. The van der Waals surface area contributed by atoms with E-state index < -0.39 is 4.92 Å². The summed E-state index contributed by atoms with van der Waals surface area (Å²) >= 11 is 5.12. The van der Waals surface area contributed by atoms with E-state index in [4.69, 9.17) is 17.0 Å². The van der Waals surface area contributed by atoms with Crippen molar-refractivity contribution in [2.45, 2.75) is 0 Å². The number of ether oxygens (including phenoxy) is 1. The summed E-state index contributed by atoms with van der Waals surface area (Å²) in [6.45, 7) is 0. The van der Waals surface area contributed by atoms with Crippen LogP contribution in [0.15, 0.2) is 54.6 Å². The lowest BCUT2D eigenvalue weighted by Crippen LogP contribution is -2.06. The third-order valence-electron chi connectivity index (χ3n) is 2.27. The fraction of sp³-hybridized carbons (Fsp3) is 0. The zero-order valence-corrected chi connectivity index (χ0v) is 10.1. The number of nitro benzene ring substituents is 1. The van der Waals surface area contributed by atoms with Crippen molar-refractivity contribution in [2.24, 2.45) is 0 Å². The normalized spacial score (nSPS) is 9.78. The van der Waals surface area contributed by atoms with Gasteiger partial charge in [-0.25, -0.2) is 0 Å². The monoisotopic (exact) mass is 259 g/mol. The zero-order valence-electron chi connectivity index (χ0n) is 9.28. The van der Waals surface area contributed by atoms with Crippen molar-refractivity contribution < 1.29 is 9.66 Å². The van der Waals surface area contributed by atoms with Crippen LogP contribution >= 0.6 is 12.2 Å². The van der Waals surface area contributed by atoms with Gasteiger partial charge < -0.3 is 4.74 Å².